The Balaban J connectivity index is 2.19. The van der Waals surface area contributed by atoms with Gasteiger partial charge in [0.15, 0.2) is 0 Å². The number of carbonyl (C=O) groups excluding carboxylic acids is 1. The van der Waals surface area contributed by atoms with Gasteiger partial charge in [-0.2, -0.15) is 0 Å². The van der Waals surface area contributed by atoms with E-state index in [1.165, 1.54) is 18.3 Å². The van der Waals surface area contributed by atoms with E-state index in [4.69, 9.17) is 5.11 Å². The second kappa shape index (κ2) is 5.95. The number of aliphatic carboxylic acids is 1. The Morgan fingerprint density at radius 2 is 2.10 bits per heavy atom. The van der Waals surface area contributed by atoms with Gasteiger partial charge in [0.05, 0.1) is 16.0 Å². The molecular weight excluding hydrogens is 308 g/mol. The molecule has 0 aliphatic rings. The fraction of sp³-hybridized carbons (Fsp3) is 0.357. The molecule has 5 nitrogen and oxygen atoms in total. The molecule has 2 aromatic heterocycles. The van der Waals surface area contributed by atoms with Crippen LogP contribution in [0.4, 0.5) is 0 Å². The first-order valence-electron chi connectivity index (χ1n) is 6.36. The lowest BCUT2D eigenvalue weighted by atomic mass is 9.88. The summed E-state index contributed by atoms with van der Waals surface area (Å²) in [5.41, 5.74) is -0.235. The Labute approximate surface area is 130 Å². The fourth-order valence-electron chi connectivity index (χ4n) is 1.63. The Morgan fingerprint density at radius 1 is 1.38 bits per heavy atom. The van der Waals surface area contributed by atoms with Crippen molar-refractivity contribution in [3.8, 4) is 9.88 Å². The number of aromatic nitrogens is 1. The molecule has 0 bridgehead atoms. The third kappa shape index (κ3) is 3.30. The first kappa shape index (κ1) is 15.7. The van der Waals surface area contributed by atoms with Crippen molar-refractivity contribution in [2.24, 2.45) is 0 Å². The minimum atomic E-state index is -1.06. The number of rotatable bonds is 5. The average Bonchev–Trinajstić information content (AvgIpc) is 3.09. The van der Waals surface area contributed by atoms with Crippen LogP contribution in [0.1, 0.15) is 26.5 Å². The summed E-state index contributed by atoms with van der Waals surface area (Å²) in [6.45, 7) is 4.92. The molecule has 2 heterocycles. The number of amides is 1. The summed E-state index contributed by atoms with van der Waals surface area (Å²) in [7, 11) is 0. The number of nitrogens with one attached hydrogen (secondary N) is 1. The molecule has 21 heavy (non-hydrogen) atoms. The van der Waals surface area contributed by atoms with E-state index >= 15 is 0 Å². The maximum atomic E-state index is 12.3. The minimum absolute atomic E-state index is 0.347. The van der Waals surface area contributed by atoms with Gasteiger partial charge in [0.1, 0.15) is 11.0 Å². The molecule has 0 aliphatic carbocycles. The van der Waals surface area contributed by atoms with Crippen molar-refractivity contribution in [3.05, 3.63) is 28.6 Å². The van der Waals surface area contributed by atoms with E-state index in [1.54, 1.807) is 25.2 Å². The van der Waals surface area contributed by atoms with Crippen LogP contribution >= 0.6 is 22.7 Å². The van der Waals surface area contributed by atoms with Gasteiger partial charge >= 0.3 is 5.97 Å². The molecule has 0 aliphatic heterocycles. The predicted molar refractivity (Wildman–Crippen MR) is 83.7 cm³/mol. The highest BCUT2D eigenvalue weighted by Crippen LogP contribution is 2.32. The van der Waals surface area contributed by atoms with Crippen LogP contribution in [0.3, 0.4) is 0 Å². The molecule has 2 aromatic rings. The lowest BCUT2D eigenvalue weighted by molar-refractivity contribution is -0.142. The Kier molecular flexibility index (Phi) is 4.43. The number of nitrogens with zero attached hydrogens (tertiary/aromatic N) is 1. The molecule has 1 atom stereocenters. The molecule has 7 heteroatoms. The van der Waals surface area contributed by atoms with Crippen LogP contribution in [-0.2, 0) is 15.0 Å². The highest BCUT2D eigenvalue weighted by molar-refractivity contribution is 7.20. The van der Waals surface area contributed by atoms with Gasteiger partial charge in [0, 0.05) is 5.38 Å². The van der Waals surface area contributed by atoms with E-state index < -0.39 is 17.4 Å². The number of carboxylic acids is 1. The predicted octanol–water partition coefficient (Wildman–Crippen LogP) is 2.74. The number of hydrogen-bond acceptors (Lipinski definition) is 5. The molecule has 2 rings (SSSR count). The van der Waals surface area contributed by atoms with Crippen LogP contribution in [0.5, 0.6) is 0 Å². The first-order valence-corrected chi connectivity index (χ1v) is 8.12. The third-order valence-electron chi connectivity index (χ3n) is 3.16. The topological polar surface area (TPSA) is 79.3 Å². The smallest absolute Gasteiger partial charge is 0.325 e. The summed E-state index contributed by atoms with van der Waals surface area (Å²) in [5, 5.41) is 16.1. The van der Waals surface area contributed by atoms with E-state index in [1.807, 2.05) is 22.9 Å². The van der Waals surface area contributed by atoms with E-state index in [2.05, 4.69) is 10.3 Å². The van der Waals surface area contributed by atoms with Gasteiger partial charge in [-0.25, -0.2) is 4.98 Å². The molecule has 0 saturated heterocycles. The van der Waals surface area contributed by atoms with Crippen molar-refractivity contribution < 1.29 is 14.7 Å². The van der Waals surface area contributed by atoms with Crippen molar-refractivity contribution in [2.45, 2.75) is 32.2 Å². The first-order chi connectivity index (χ1) is 9.82. The summed E-state index contributed by atoms with van der Waals surface area (Å²) >= 11 is 3.07. The van der Waals surface area contributed by atoms with Gasteiger partial charge in [-0.05, 0) is 32.2 Å². The fourth-order valence-corrected chi connectivity index (χ4v) is 3.43. The number of hydrogen-bond donors (Lipinski definition) is 2. The minimum Gasteiger partial charge on any atom is -0.480 e. The standard InChI is InChI=1S/C14H16N2O3S2/c1-8(12(17)18)15-13(19)14(2,3)10-7-21-11(16-10)9-5-4-6-20-9/h4-8H,1-3H3,(H,15,19)(H,17,18). The zero-order chi connectivity index (χ0) is 15.6. The molecule has 2 N–H and O–H groups in total. The van der Waals surface area contributed by atoms with Gasteiger partial charge in [-0.3, -0.25) is 9.59 Å². The third-order valence-corrected chi connectivity index (χ3v) is 5.04. The van der Waals surface area contributed by atoms with Crippen molar-refractivity contribution in [1.82, 2.24) is 10.3 Å². The SMILES string of the molecule is CC(NC(=O)C(C)(C)c1csc(-c2cccs2)n1)C(=O)O. The lowest BCUT2D eigenvalue weighted by Gasteiger charge is -2.23. The number of carboxylic acid groups (broad SMARTS) is 1. The second-order valence-corrected chi connectivity index (χ2v) is 6.98. The van der Waals surface area contributed by atoms with Crippen LogP contribution in [-0.4, -0.2) is 28.0 Å². The summed E-state index contributed by atoms with van der Waals surface area (Å²) in [6.07, 6.45) is 0. The van der Waals surface area contributed by atoms with E-state index in [9.17, 15) is 9.59 Å². The van der Waals surface area contributed by atoms with Crippen LogP contribution in [0.2, 0.25) is 0 Å². The number of carbonyl (C=O) groups is 2. The maximum absolute atomic E-state index is 12.3. The lowest BCUT2D eigenvalue weighted by Crippen LogP contribution is -2.47. The van der Waals surface area contributed by atoms with Crippen LogP contribution in [0, 0.1) is 0 Å². The molecule has 0 saturated carbocycles. The van der Waals surface area contributed by atoms with E-state index in [0.717, 1.165) is 9.88 Å². The molecule has 0 spiro atoms. The maximum Gasteiger partial charge on any atom is 0.325 e. The Bertz CT molecular complexity index is 647. The van der Waals surface area contributed by atoms with Gasteiger partial charge in [0.2, 0.25) is 5.91 Å². The van der Waals surface area contributed by atoms with E-state index in [-0.39, 0.29) is 5.91 Å². The van der Waals surface area contributed by atoms with Crippen LogP contribution < -0.4 is 5.32 Å². The normalized spacial score (nSPS) is 12.9. The average molecular weight is 324 g/mol. The van der Waals surface area contributed by atoms with Crippen molar-refractivity contribution in [1.29, 1.82) is 0 Å². The molecule has 0 radical (unpaired) electrons. The molecule has 0 aromatic carbocycles. The largest absolute Gasteiger partial charge is 0.480 e. The van der Waals surface area contributed by atoms with Gasteiger partial charge < -0.3 is 10.4 Å². The molecule has 112 valence electrons. The molecule has 1 amide bonds. The zero-order valence-corrected chi connectivity index (χ0v) is 13.5. The monoisotopic (exact) mass is 324 g/mol. The number of thiazole rings is 1. The summed E-state index contributed by atoms with van der Waals surface area (Å²) in [6, 6.07) is 3.01. The second-order valence-electron chi connectivity index (χ2n) is 5.17. The van der Waals surface area contributed by atoms with Crippen LogP contribution in [0.15, 0.2) is 22.9 Å². The number of thiophene rings is 1. The molecule has 1 unspecified atom stereocenters. The summed E-state index contributed by atoms with van der Waals surface area (Å²) < 4.78 is 0. The summed E-state index contributed by atoms with van der Waals surface area (Å²) in [5.74, 6) is -1.41. The van der Waals surface area contributed by atoms with Gasteiger partial charge in [0.25, 0.3) is 0 Å². The van der Waals surface area contributed by atoms with Crippen molar-refractivity contribution >= 4 is 34.6 Å². The van der Waals surface area contributed by atoms with Crippen molar-refractivity contribution in [2.75, 3.05) is 0 Å². The van der Waals surface area contributed by atoms with Crippen LogP contribution in [0.25, 0.3) is 9.88 Å². The Morgan fingerprint density at radius 3 is 2.67 bits per heavy atom. The zero-order valence-electron chi connectivity index (χ0n) is 11.9. The highest BCUT2D eigenvalue weighted by atomic mass is 32.1. The summed E-state index contributed by atoms with van der Waals surface area (Å²) in [4.78, 5) is 28.7. The Hall–Kier alpha value is -1.73. The highest BCUT2D eigenvalue weighted by Gasteiger charge is 2.34. The molecular formula is C14H16N2O3S2. The quantitative estimate of drug-likeness (QED) is 0.886. The van der Waals surface area contributed by atoms with Gasteiger partial charge in [-0.1, -0.05) is 6.07 Å². The molecule has 0 fully saturated rings. The van der Waals surface area contributed by atoms with Gasteiger partial charge in [-0.15, -0.1) is 22.7 Å². The van der Waals surface area contributed by atoms with Crippen molar-refractivity contribution in [3.63, 3.8) is 0 Å². The van der Waals surface area contributed by atoms with E-state index in [0.29, 0.717) is 5.69 Å².